The van der Waals surface area contributed by atoms with E-state index in [1.807, 2.05) is 6.07 Å². The molecular formula is C22H32N2O2. The number of piperidine rings is 2. The Balaban J connectivity index is 1.63. The van der Waals surface area contributed by atoms with Gasteiger partial charge in [-0.2, -0.15) is 0 Å². The van der Waals surface area contributed by atoms with Gasteiger partial charge < -0.3 is 14.9 Å². The van der Waals surface area contributed by atoms with Crippen LogP contribution in [0.25, 0.3) is 0 Å². The standard InChI is InChI=1S/C22H32N2O2/c1-23-15-12-22(13-16-23,18-7-3-2-4-8-18)20(26)24-14-6-11-21(17-24)10-5-9-19(21)25/h2-4,7-8,19,25H,5-6,9-17H2,1H3/t19-,21+/m1/s1. The van der Waals surface area contributed by atoms with E-state index < -0.39 is 5.41 Å². The number of benzene rings is 1. The molecule has 1 amide bonds. The summed E-state index contributed by atoms with van der Waals surface area (Å²) in [4.78, 5) is 18.3. The summed E-state index contributed by atoms with van der Waals surface area (Å²) < 4.78 is 0. The minimum Gasteiger partial charge on any atom is -0.392 e. The van der Waals surface area contributed by atoms with Gasteiger partial charge in [0.1, 0.15) is 0 Å². The van der Waals surface area contributed by atoms with Crippen LogP contribution in [0, 0.1) is 5.41 Å². The van der Waals surface area contributed by atoms with Crippen LogP contribution < -0.4 is 0 Å². The van der Waals surface area contributed by atoms with E-state index in [0.717, 1.165) is 71.1 Å². The number of aliphatic hydroxyl groups is 1. The third kappa shape index (κ3) is 2.97. The zero-order valence-electron chi connectivity index (χ0n) is 16.0. The van der Waals surface area contributed by atoms with Crippen molar-refractivity contribution in [2.45, 2.75) is 56.5 Å². The Labute approximate surface area is 157 Å². The molecule has 1 saturated carbocycles. The zero-order chi connectivity index (χ0) is 18.2. The Kier molecular flexibility index (Phi) is 4.83. The van der Waals surface area contributed by atoms with Crippen LogP contribution in [0.4, 0.5) is 0 Å². The molecule has 142 valence electrons. The molecule has 0 aromatic heterocycles. The Morgan fingerprint density at radius 3 is 2.38 bits per heavy atom. The Hall–Kier alpha value is -1.39. The second kappa shape index (κ2) is 6.97. The zero-order valence-corrected chi connectivity index (χ0v) is 16.0. The lowest BCUT2D eigenvalue weighted by Gasteiger charge is -2.48. The summed E-state index contributed by atoms with van der Waals surface area (Å²) in [6, 6.07) is 10.4. The predicted molar refractivity (Wildman–Crippen MR) is 103 cm³/mol. The second-order valence-corrected chi connectivity index (χ2v) is 8.85. The van der Waals surface area contributed by atoms with Gasteiger partial charge in [0.05, 0.1) is 11.5 Å². The molecule has 3 aliphatic rings. The largest absolute Gasteiger partial charge is 0.392 e. The number of hydrogen-bond donors (Lipinski definition) is 1. The molecule has 2 saturated heterocycles. The molecule has 4 nitrogen and oxygen atoms in total. The number of nitrogens with zero attached hydrogens (tertiary/aromatic N) is 2. The van der Waals surface area contributed by atoms with Gasteiger partial charge in [-0.1, -0.05) is 36.8 Å². The summed E-state index contributed by atoms with van der Waals surface area (Å²) >= 11 is 0. The van der Waals surface area contributed by atoms with E-state index in [1.54, 1.807) is 0 Å². The van der Waals surface area contributed by atoms with Crippen molar-refractivity contribution in [2.75, 3.05) is 33.2 Å². The highest BCUT2D eigenvalue weighted by atomic mass is 16.3. The fraction of sp³-hybridized carbons (Fsp3) is 0.682. The van der Waals surface area contributed by atoms with Crippen LogP contribution in [-0.2, 0) is 10.2 Å². The first-order valence-corrected chi connectivity index (χ1v) is 10.3. The molecule has 3 fully saturated rings. The summed E-state index contributed by atoms with van der Waals surface area (Å²) in [6.07, 6.45) is 6.69. The van der Waals surface area contributed by atoms with Gasteiger partial charge in [0.25, 0.3) is 0 Å². The predicted octanol–water partition coefficient (Wildman–Crippen LogP) is 2.80. The Morgan fingerprint density at radius 1 is 1.04 bits per heavy atom. The van der Waals surface area contributed by atoms with Crippen LogP contribution in [0.1, 0.15) is 50.5 Å². The van der Waals surface area contributed by atoms with Gasteiger partial charge in [0.15, 0.2) is 0 Å². The fourth-order valence-corrected chi connectivity index (χ4v) is 5.62. The van der Waals surface area contributed by atoms with Crippen LogP contribution >= 0.6 is 0 Å². The molecular weight excluding hydrogens is 324 g/mol. The summed E-state index contributed by atoms with van der Waals surface area (Å²) in [7, 11) is 2.14. The molecule has 2 heterocycles. The van der Waals surface area contributed by atoms with E-state index in [2.05, 4.69) is 41.1 Å². The van der Waals surface area contributed by atoms with Crippen molar-refractivity contribution < 1.29 is 9.90 Å². The molecule has 4 heteroatoms. The average molecular weight is 357 g/mol. The molecule has 1 aromatic rings. The molecule has 0 radical (unpaired) electrons. The molecule has 2 atom stereocenters. The monoisotopic (exact) mass is 356 g/mol. The lowest BCUT2D eigenvalue weighted by Crippen LogP contribution is -2.57. The van der Waals surface area contributed by atoms with Gasteiger partial charge in [-0.15, -0.1) is 0 Å². The number of likely N-dealkylation sites (tertiary alicyclic amines) is 2. The van der Waals surface area contributed by atoms with E-state index in [0.29, 0.717) is 5.91 Å². The Bertz CT molecular complexity index is 639. The van der Waals surface area contributed by atoms with E-state index in [4.69, 9.17) is 0 Å². The van der Waals surface area contributed by atoms with Gasteiger partial charge in [-0.3, -0.25) is 4.79 Å². The van der Waals surface area contributed by atoms with Crippen LogP contribution in [0.2, 0.25) is 0 Å². The third-order valence-electron chi connectivity index (χ3n) is 7.33. The van der Waals surface area contributed by atoms with E-state index >= 15 is 0 Å². The van der Waals surface area contributed by atoms with Crippen LogP contribution in [-0.4, -0.2) is 60.1 Å². The molecule has 1 spiro atoms. The van der Waals surface area contributed by atoms with Gasteiger partial charge in [0.2, 0.25) is 5.91 Å². The minimum absolute atomic E-state index is 0.0444. The van der Waals surface area contributed by atoms with Gasteiger partial charge >= 0.3 is 0 Å². The van der Waals surface area contributed by atoms with E-state index in [9.17, 15) is 9.90 Å². The topological polar surface area (TPSA) is 43.8 Å². The maximum absolute atomic E-state index is 13.9. The number of hydrogen-bond acceptors (Lipinski definition) is 3. The molecule has 4 rings (SSSR count). The number of rotatable bonds is 2. The first kappa shape index (κ1) is 18.0. The van der Waals surface area contributed by atoms with Crippen molar-refractivity contribution in [2.24, 2.45) is 5.41 Å². The maximum Gasteiger partial charge on any atom is 0.233 e. The SMILES string of the molecule is CN1CCC(C(=O)N2CCC[C@@]3(CCC[C@H]3O)C2)(c2ccccc2)CC1. The maximum atomic E-state index is 13.9. The van der Waals surface area contributed by atoms with Crippen LogP contribution in [0.3, 0.4) is 0 Å². The average Bonchev–Trinajstić information content (AvgIpc) is 3.02. The van der Waals surface area contributed by atoms with Crippen LogP contribution in [0.15, 0.2) is 30.3 Å². The lowest BCUT2D eigenvalue weighted by molar-refractivity contribution is -0.145. The summed E-state index contributed by atoms with van der Waals surface area (Å²) in [5.74, 6) is 0.301. The summed E-state index contributed by atoms with van der Waals surface area (Å²) in [6.45, 7) is 3.51. The fourth-order valence-electron chi connectivity index (χ4n) is 5.62. The number of aliphatic hydroxyl groups excluding tert-OH is 1. The molecule has 26 heavy (non-hydrogen) atoms. The van der Waals surface area contributed by atoms with Crippen molar-refractivity contribution in [3.63, 3.8) is 0 Å². The van der Waals surface area contributed by atoms with E-state index in [-0.39, 0.29) is 11.5 Å². The quantitative estimate of drug-likeness (QED) is 0.886. The molecule has 0 bridgehead atoms. The molecule has 2 aliphatic heterocycles. The number of carbonyl (C=O) groups is 1. The highest BCUT2D eigenvalue weighted by Crippen LogP contribution is 2.46. The summed E-state index contributed by atoms with van der Waals surface area (Å²) in [5, 5.41) is 10.6. The second-order valence-electron chi connectivity index (χ2n) is 8.85. The Morgan fingerprint density at radius 2 is 1.73 bits per heavy atom. The van der Waals surface area contributed by atoms with Crippen molar-refractivity contribution in [1.29, 1.82) is 0 Å². The highest BCUT2D eigenvalue weighted by molar-refractivity contribution is 5.88. The van der Waals surface area contributed by atoms with Crippen molar-refractivity contribution in [3.8, 4) is 0 Å². The normalized spacial score (nSPS) is 32.1. The van der Waals surface area contributed by atoms with Gasteiger partial charge in [0, 0.05) is 18.5 Å². The third-order valence-corrected chi connectivity index (χ3v) is 7.33. The van der Waals surface area contributed by atoms with Gasteiger partial charge in [-0.05, 0) is 64.2 Å². The van der Waals surface area contributed by atoms with E-state index in [1.165, 1.54) is 5.56 Å². The molecule has 1 aromatic carbocycles. The molecule has 1 N–H and O–H groups in total. The highest BCUT2D eigenvalue weighted by Gasteiger charge is 2.50. The first-order chi connectivity index (χ1) is 12.6. The first-order valence-electron chi connectivity index (χ1n) is 10.3. The number of carbonyl (C=O) groups excluding carboxylic acids is 1. The van der Waals surface area contributed by atoms with Crippen molar-refractivity contribution in [1.82, 2.24) is 9.80 Å². The lowest BCUT2D eigenvalue weighted by atomic mass is 9.70. The van der Waals surface area contributed by atoms with Crippen molar-refractivity contribution in [3.05, 3.63) is 35.9 Å². The minimum atomic E-state index is -0.393. The molecule has 1 aliphatic carbocycles. The molecule has 0 unspecified atom stereocenters. The summed E-state index contributed by atoms with van der Waals surface area (Å²) in [5.41, 5.74) is 0.734. The smallest absolute Gasteiger partial charge is 0.233 e. The van der Waals surface area contributed by atoms with Gasteiger partial charge in [-0.25, -0.2) is 0 Å². The van der Waals surface area contributed by atoms with Crippen molar-refractivity contribution >= 4 is 5.91 Å². The van der Waals surface area contributed by atoms with Crippen LogP contribution in [0.5, 0.6) is 0 Å². The number of amides is 1.